The summed E-state index contributed by atoms with van der Waals surface area (Å²) in [6, 6.07) is 2.14. The fourth-order valence-corrected chi connectivity index (χ4v) is 1.39. The lowest BCUT2D eigenvalue weighted by atomic mass is 10.1. The number of aliphatic hydroxyl groups is 1. The normalized spacial score (nSPS) is 11.9. The zero-order valence-electron chi connectivity index (χ0n) is 9.72. The average Bonchev–Trinajstić information content (AvgIpc) is 2.35. The van der Waals surface area contributed by atoms with Crippen LogP contribution in [0, 0.1) is 15.9 Å². The van der Waals surface area contributed by atoms with Gasteiger partial charge in [-0.3, -0.25) is 14.9 Å². The zero-order valence-corrected chi connectivity index (χ0v) is 9.72. The van der Waals surface area contributed by atoms with Crippen molar-refractivity contribution in [2.45, 2.75) is 19.4 Å². The van der Waals surface area contributed by atoms with Gasteiger partial charge in [0.15, 0.2) is 0 Å². The van der Waals surface area contributed by atoms with E-state index in [0.29, 0.717) is 6.42 Å². The molecule has 1 aromatic carbocycles. The molecule has 0 radical (unpaired) electrons. The van der Waals surface area contributed by atoms with Gasteiger partial charge in [0.05, 0.1) is 17.6 Å². The van der Waals surface area contributed by atoms with E-state index < -0.39 is 28.4 Å². The first-order chi connectivity index (χ1) is 8.49. The molecule has 98 valence electrons. The predicted molar refractivity (Wildman–Crippen MR) is 61.7 cm³/mol. The largest absolute Gasteiger partial charge is 0.394 e. The number of halogens is 1. The molecule has 1 rings (SSSR count). The monoisotopic (exact) mass is 256 g/mol. The SMILES string of the molecule is CCC(CO)NC(=O)c1cc(F)ccc1[N+](=O)[O-]. The number of nitrogens with one attached hydrogen (secondary N) is 1. The second kappa shape index (κ2) is 6.06. The van der Waals surface area contributed by atoms with Crippen LogP contribution in [0.2, 0.25) is 0 Å². The molecule has 6 nitrogen and oxygen atoms in total. The van der Waals surface area contributed by atoms with Crippen LogP contribution in [0.5, 0.6) is 0 Å². The number of amides is 1. The molecule has 1 unspecified atom stereocenters. The Balaban J connectivity index is 3.03. The summed E-state index contributed by atoms with van der Waals surface area (Å²) in [4.78, 5) is 21.7. The highest BCUT2D eigenvalue weighted by Crippen LogP contribution is 2.19. The Hall–Kier alpha value is -2.02. The van der Waals surface area contributed by atoms with Gasteiger partial charge in [0, 0.05) is 6.07 Å². The van der Waals surface area contributed by atoms with Crippen molar-refractivity contribution < 1.29 is 19.2 Å². The number of nitro benzene ring substituents is 1. The van der Waals surface area contributed by atoms with Gasteiger partial charge in [-0.15, -0.1) is 0 Å². The van der Waals surface area contributed by atoms with Crippen molar-refractivity contribution in [3.8, 4) is 0 Å². The van der Waals surface area contributed by atoms with Gasteiger partial charge < -0.3 is 10.4 Å². The minimum atomic E-state index is -0.776. The lowest BCUT2D eigenvalue weighted by Crippen LogP contribution is -2.37. The molecule has 1 aromatic rings. The summed E-state index contributed by atoms with van der Waals surface area (Å²) in [5.74, 6) is -1.51. The Bertz CT molecular complexity index is 460. The third-order valence-electron chi connectivity index (χ3n) is 2.45. The van der Waals surface area contributed by atoms with E-state index in [-0.39, 0.29) is 12.2 Å². The molecular weight excluding hydrogens is 243 g/mol. The van der Waals surface area contributed by atoms with Crippen molar-refractivity contribution >= 4 is 11.6 Å². The van der Waals surface area contributed by atoms with Crippen LogP contribution < -0.4 is 5.32 Å². The third-order valence-corrected chi connectivity index (χ3v) is 2.45. The van der Waals surface area contributed by atoms with Crippen molar-refractivity contribution in [3.05, 3.63) is 39.7 Å². The highest BCUT2D eigenvalue weighted by Gasteiger charge is 2.22. The smallest absolute Gasteiger partial charge is 0.282 e. The van der Waals surface area contributed by atoms with Crippen LogP contribution >= 0.6 is 0 Å². The van der Waals surface area contributed by atoms with Gasteiger partial charge in [0.2, 0.25) is 0 Å². The Kier molecular flexibility index (Phi) is 4.73. The summed E-state index contributed by atoms with van der Waals surface area (Å²) in [5, 5.41) is 22.0. The van der Waals surface area contributed by atoms with E-state index in [4.69, 9.17) is 5.11 Å². The lowest BCUT2D eigenvalue weighted by molar-refractivity contribution is -0.385. The van der Waals surface area contributed by atoms with Gasteiger partial charge in [-0.05, 0) is 18.6 Å². The van der Waals surface area contributed by atoms with Crippen LogP contribution in [0.15, 0.2) is 18.2 Å². The number of aliphatic hydroxyl groups excluding tert-OH is 1. The van der Waals surface area contributed by atoms with E-state index in [9.17, 15) is 19.3 Å². The molecule has 0 heterocycles. The molecule has 0 aliphatic rings. The second-order valence-electron chi connectivity index (χ2n) is 3.68. The van der Waals surface area contributed by atoms with Gasteiger partial charge in [-0.25, -0.2) is 4.39 Å². The maximum atomic E-state index is 13.0. The van der Waals surface area contributed by atoms with Crippen molar-refractivity contribution in [2.75, 3.05) is 6.61 Å². The molecule has 0 aromatic heterocycles. The summed E-state index contributed by atoms with van der Waals surface area (Å²) in [6.07, 6.45) is 0.464. The van der Waals surface area contributed by atoms with E-state index in [0.717, 1.165) is 18.2 Å². The molecule has 0 spiro atoms. The molecule has 0 aliphatic heterocycles. The van der Waals surface area contributed by atoms with Crippen molar-refractivity contribution in [3.63, 3.8) is 0 Å². The van der Waals surface area contributed by atoms with Crippen LogP contribution in [0.1, 0.15) is 23.7 Å². The number of hydrogen-bond donors (Lipinski definition) is 2. The van der Waals surface area contributed by atoms with Crippen LogP contribution in [0.4, 0.5) is 10.1 Å². The van der Waals surface area contributed by atoms with Crippen molar-refractivity contribution in [2.24, 2.45) is 0 Å². The Morgan fingerprint density at radius 3 is 2.78 bits per heavy atom. The van der Waals surface area contributed by atoms with Gasteiger partial charge in [0.25, 0.3) is 11.6 Å². The quantitative estimate of drug-likeness (QED) is 0.612. The number of hydrogen-bond acceptors (Lipinski definition) is 4. The first-order valence-electron chi connectivity index (χ1n) is 5.35. The van der Waals surface area contributed by atoms with Gasteiger partial charge in [-0.1, -0.05) is 6.92 Å². The van der Waals surface area contributed by atoms with Crippen molar-refractivity contribution in [1.29, 1.82) is 0 Å². The third kappa shape index (κ3) is 3.24. The van der Waals surface area contributed by atoms with E-state index in [1.165, 1.54) is 0 Å². The molecule has 0 fully saturated rings. The molecule has 18 heavy (non-hydrogen) atoms. The van der Waals surface area contributed by atoms with Crippen molar-refractivity contribution in [1.82, 2.24) is 5.32 Å². The highest BCUT2D eigenvalue weighted by atomic mass is 19.1. The standard InChI is InChI=1S/C11H13FN2O4/c1-2-8(6-15)13-11(16)9-5-7(12)3-4-10(9)14(17)18/h3-5,8,15H,2,6H2,1H3,(H,13,16). The first-order valence-corrected chi connectivity index (χ1v) is 5.35. The van der Waals surface area contributed by atoms with Gasteiger partial charge >= 0.3 is 0 Å². The minimum absolute atomic E-state index is 0.286. The number of carbonyl (C=O) groups is 1. The van der Waals surface area contributed by atoms with Crippen LogP contribution in [-0.2, 0) is 0 Å². The lowest BCUT2D eigenvalue weighted by Gasteiger charge is -2.13. The summed E-state index contributed by atoms with van der Waals surface area (Å²) in [7, 11) is 0. The molecular formula is C11H13FN2O4. The molecule has 0 saturated carbocycles. The zero-order chi connectivity index (χ0) is 13.7. The maximum Gasteiger partial charge on any atom is 0.282 e. The minimum Gasteiger partial charge on any atom is -0.394 e. The van der Waals surface area contributed by atoms with Crippen LogP contribution in [0.25, 0.3) is 0 Å². The summed E-state index contributed by atoms with van der Waals surface area (Å²) in [6.45, 7) is 1.45. The number of nitro groups is 1. The number of rotatable bonds is 5. The fraction of sp³-hybridized carbons (Fsp3) is 0.364. The highest BCUT2D eigenvalue weighted by molar-refractivity contribution is 5.98. The van der Waals surface area contributed by atoms with E-state index in [2.05, 4.69) is 5.32 Å². The number of nitrogens with zero attached hydrogens (tertiary/aromatic N) is 1. The van der Waals surface area contributed by atoms with E-state index in [1.807, 2.05) is 0 Å². The fourth-order valence-electron chi connectivity index (χ4n) is 1.39. The second-order valence-corrected chi connectivity index (χ2v) is 3.68. The number of benzene rings is 1. The summed E-state index contributed by atoms with van der Waals surface area (Å²) >= 11 is 0. The van der Waals surface area contributed by atoms with Crippen LogP contribution in [-0.4, -0.2) is 28.6 Å². The van der Waals surface area contributed by atoms with E-state index >= 15 is 0 Å². The topological polar surface area (TPSA) is 92.5 Å². The molecule has 2 N–H and O–H groups in total. The number of carbonyl (C=O) groups excluding carboxylic acids is 1. The molecule has 0 aliphatic carbocycles. The van der Waals surface area contributed by atoms with Gasteiger partial charge in [0.1, 0.15) is 11.4 Å². The van der Waals surface area contributed by atoms with Crippen LogP contribution in [0.3, 0.4) is 0 Å². The molecule has 1 amide bonds. The maximum absolute atomic E-state index is 13.0. The first kappa shape index (κ1) is 14.0. The Morgan fingerprint density at radius 2 is 2.28 bits per heavy atom. The summed E-state index contributed by atoms with van der Waals surface area (Å²) in [5.41, 5.74) is -0.825. The Labute approximate surface area is 103 Å². The molecule has 7 heteroatoms. The van der Waals surface area contributed by atoms with Gasteiger partial charge in [-0.2, -0.15) is 0 Å². The molecule has 0 bridgehead atoms. The average molecular weight is 256 g/mol. The molecule has 1 atom stereocenters. The molecule has 0 saturated heterocycles. The van der Waals surface area contributed by atoms with E-state index in [1.54, 1.807) is 6.92 Å². The predicted octanol–water partition coefficient (Wildman–Crippen LogP) is 1.23. The summed E-state index contributed by atoms with van der Waals surface area (Å²) < 4.78 is 13.0. The Morgan fingerprint density at radius 1 is 1.61 bits per heavy atom.